The Bertz CT molecular complexity index is 314. The summed E-state index contributed by atoms with van der Waals surface area (Å²) in [5.41, 5.74) is 0. The third kappa shape index (κ3) is 3.30. The molecule has 1 fully saturated rings. The number of carbonyl (C=O) groups is 2. The minimum atomic E-state index is -1.66. The second-order valence-corrected chi connectivity index (χ2v) is 5.92. The van der Waals surface area contributed by atoms with E-state index in [2.05, 4.69) is 5.32 Å². The zero-order valence-electron chi connectivity index (χ0n) is 9.43. The van der Waals surface area contributed by atoms with Gasteiger partial charge in [-0.25, -0.2) is 0 Å². The topological polar surface area (TPSA) is 83.5 Å². The summed E-state index contributed by atoms with van der Waals surface area (Å²) in [6.07, 6.45) is 2.19. The first-order chi connectivity index (χ1) is 7.47. The quantitative estimate of drug-likeness (QED) is 0.705. The average Bonchev–Trinajstić information content (AvgIpc) is 3.00. The number of rotatable bonds is 6. The molecule has 0 spiro atoms. The normalized spacial score (nSPS) is 20.9. The minimum absolute atomic E-state index is 0.205. The highest BCUT2D eigenvalue weighted by molar-refractivity contribution is 7.87. The Labute approximate surface area is 97.1 Å². The molecule has 0 radical (unpaired) electrons. The molecule has 0 bridgehead atoms. The maximum Gasteiger partial charge on any atom is 0.319 e. The molecule has 2 N–H and O–H groups in total. The molecule has 3 atom stereocenters. The van der Waals surface area contributed by atoms with Gasteiger partial charge in [0.2, 0.25) is 5.91 Å². The Morgan fingerprint density at radius 2 is 2.06 bits per heavy atom. The fourth-order valence-electron chi connectivity index (χ4n) is 1.34. The molecule has 1 amide bonds. The summed E-state index contributed by atoms with van der Waals surface area (Å²) in [6.45, 7) is 3.17. The van der Waals surface area contributed by atoms with E-state index in [-0.39, 0.29) is 18.4 Å². The van der Waals surface area contributed by atoms with E-state index in [0.29, 0.717) is 0 Å². The third-order valence-corrected chi connectivity index (χ3v) is 4.57. The van der Waals surface area contributed by atoms with E-state index in [1.54, 1.807) is 6.92 Å². The van der Waals surface area contributed by atoms with Gasteiger partial charge in [-0.05, 0) is 26.2 Å². The van der Waals surface area contributed by atoms with Gasteiger partial charge in [0.1, 0.15) is 10.5 Å². The monoisotopic (exact) mass is 247 g/mol. The van der Waals surface area contributed by atoms with Crippen molar-refractivity contribution in [2.75, 3.05) is 0 Å². The van der Waals surface area contributed by atoms with E-state index < -0.39 is 27.3 Å². The van der Waals surface area contributed by atoms with E-state index >= 15 is 0 Å². The van der Waals surface area contributed by atoms with Crippen molar-refractivity contribution in [3.05, 3.63) is 0 Å². The number of carbonyl (C=O) groups excluding carboxylic acids is 1. The van der Waals surface area contributed by atoms with Crippen molar-refractivity contribution in [1.29, 1.82) is 0 Å². The predicted octanol–water partition coefficient (Wildman–Crippen LogP) is 0.265. The van der Waals surface area contributed by atoms with E-state index in [1.807, 2.05) is 0 Å². The molecule has 0 aromatic rings. The van der Waals surface area contributed by atoms with Crippen molar-refractivity contribution >= 4 is 22.7 Å². The fraction of sp³-hybridized carbons (Fsp3) is 0.800. The first-order valence-corrected chi connectivity index (χ1v) is 6.67. The number of amides is 1. The maximum absolute atomic E-state index is 11.8. The summed E-state index contributed by atoms with van der Waals surface area (Å²) in [4.78, 5) is 22.4. The molecule has 1 saturated carbocycles. The largest absolute Gasteiger partial charge is 0.480 e. The Morgan fingerprint density at radius 3 is 2.44 bits per heavy atom. The van der Waals surface area contributed by atoms with Crippen LogP contribution >= 0.6 is 0 Å². The molecule has 1 aliphatic carbocycles. The van der Waals surface area contributed by atoms with Crippen LogP contribution in [0.1, 0.15) is 33.1 Å². The number of hydrogen-bond acceptors (Lipinski definition) is 3. The average molecular weight is 247 g/mol. The third-order valence-electron chi connectivity index (χ3n) is 2.57. The molecule has 0 aromatic carbocycles. The van der Waals surface area contributed by atoms with Gasteiger partial charge in [0.25, 0.3) is 0 Å². The maximum atomic E-state index is 11.8. The molecular formula is C10H17NO4S. The number of carboxylic acid groups (broad SMARTS) is 1. The van der Waals surface area contributed by atoms with Crippen LogP contribution in [0.15, 0.2) is 0 Å². The molecule has 0 aliphatic heterocycles. The highest BCUT2D eigenvalue weighted by Crippen LogP contribution is 2.19. The lowest BCUT2D eigenvalue weighted by Gasteiger charge is -2.15. The van der Waals surface area contributed by atoms with Crippen LogP contribution in [0.5, 0.6) is 0 Å². The Balaban J connectivity index is 2.56. The van der Waals surface area contributed by atoms with Crippen LogP contribution in [0.3, 0.4) is 0 Å². The van der Waals surface area contributed by atoms with Crippen molar-refractivity contribution in [1.82, 2.24) is 5.32 Å². The zero-order chi connectivity index (χ0) is 12.3. The van der Waals surface area contributed by atoms with E-state index in [4.69, 9.17) is 5.11 Å². The summed E-state index contributed by atoms with van der Waals surface area (Å²) < 4.78 is 11.8. The van der Waals surface area contributed by atoms with Crippen LogP contribution in [0.4, 0.5) is 0 Å². The van der Waals surface area contributed by atoms with E-state index in [9.17, 15) is 13.8 Å². The molecule has 1 rings (SSSR count). The van der Waals surface area contributed by atoms with Gasteiger partial charge < -0.3 is 10.4 Å². The van der Waals surface area contributed by atoms with Crippen LogP contribution < -0.4 is 5.32 Å². The molecule has 0 heterocycles. The number of aliphatic carboxylic acids is 1. The SMILES string of the molecule is CCC(C(=O)O)S(=O)C(C)C(=O)NC1CC1. The molecule has 6 heteroatoms. The molecule has 92 valence electrons. The Kier molecular flexibility index (Phi) is 4.46. The Hall–Kier alpha value is -0.910. The van der Waals surface area contributed by atoms with Crippen LogP contribution in [0.25, 0.3) is 0 Å². The number of hydrogen-bond donors (Lipinski definition) is 2. The lowest BCUT2D eigenvalue weighted by molar-refractivity contribution is -0.136. The van der Waals surface area contributed by atoms with Crippen LogP contribution in [0.2, 0.25) is 0 Å². The van der Waals surface area contributed by atoms with E-state index in [1.165, 1.54) is 6.92 Å². The van der Waals surface area contributed by atoms with E-state index in [0.717, 1.165) is 12.8 Å². The summed E-state index contributed by atoms with van der Waals surface area (Å²) in [5.74, 6) is -1.41. The minimum Gasteiger partial charge on any atom is -0.480 e. The van der Waals surface area contributed by atoms with Gasteiger partial charge in [-0.15, -0.1) is 0 Å². The van der Waals surface area contributed by atoms with Crippen LogP contribution in [-0.2, 0) is 20.4 Å². The van der Waals surface area contributed by atoms with Crippen molar-refractivity contribution in [3.8, 4) is 0 Å². The standard InChI is InChI=1S/C10H17NO4S/c1-3-8(10(13)14)16(15)6(2)9(12)11-7-4-5-7/h6-8H,3-5H2,1-2H3,(H,11,12)(H,13,14). The summed E-state index contributed by atoms with van der Waals surface area (Å²) in [5, 5.41) is 9.85. The van der Waals surface area contributed by atoms with Gasteiger partial charge in [0.05, 0.1) is 0 Å². The lowest BCUT2D eigenvalue weighted by atomic mass is 10.3. The second-order valence-electron chi connectivity index (χ2n) is 3.99. The van der Waals surface area contributed by atoms with Gasteiger partial charge in [0.15, 0.2) is 0 Å². The summed E-state index contributed by atoms with van der Waals surface area (Å²) in [6, 6.07) is 0.205. The molecule has 5 nitrogen and oxygen atoms in total. The van der Waals surface area contributed by atoms with Crippen LogP contribution in [0, 0.1) is 0 Å². The number of carboxylic acids is 1. The first-order valence-electron chi connectivity index (χ1n) is 5.40. The van der Waals surface area contributed by atoms with Gasteiger partial charge in [-0.1, -0.05) is 6.92 Å². The summed E-state index contributed by atoms with van der Waals surface area (Å²) in [7, 11) is -1.66. The van der Waals surface area contributed by atoms with Crippen molar-refractivity contribution < 1.29 is 18.9 Å². The van der Waals surface area contributed by atoms with Gasteiger partial charge in [0, 0.05) is 16.8 Å². The molecule has 0 aromatic heterocycles. The highest BCUT2D eigenvalue weighted by Gasteiger charge is 2.33. The molecule has 0 saturated heterocycles. The summed E-state index contributed by atoms with van der Waals surface area (Å²) >= 11 is 0. The molecule has 3 unspecified atom stereocenters. The molecule has 1 aliphatic rings. The fourth-order valence-corrected chi connectivity index (χ4v) is 2.64. The van der Waals surface area contributed by atoms with Gasteiger partial charge in [-0.2, -0.15) is 0 Å². The lowest BCUT2D eigenvalue weighted by Crippen LogP contribution is -2.41. The smallest absolute Gasteiger partial charge is 0.319 e. The van der Waals surface area contributed by atoms with Crippen molar-refractivity contribution in [2.24, 2.45) is 0 Å². The Morgan fingerprint density at radius 1 is 1.50 bits per heavy atom. The predicted molar refractivity (Wildman–Crippen MR) is 60.5 cm³/mol. The molecule has 16 heavy (non-hydrogen) atoms. The van der Waals surface area contributed by atoms with Gasteiger partial charge in [-0.3, -0.25) is 13.8 Å². The zero-order valence-corrected chi connectivity index (χ0v) is 10.3. The molecular weight excluding hydrogens is 230 g/mol. The van der Waals surface area contributed by atoms with Crippen molar-refractivity contribution in [2.45, 2.75) is 49.7 Å². The van der Waals surface area contributed by atoms with Crippen molar-refractivity contribution in [3.63, 3.8) is 0 Å². The van der Waals surface area contributed by atoms with Crippen LogP contribution in [-0.4, -0.2) is 37.7 Å². The number of nitrogens with one attached hydrogen (secondary N) is 1. The first kappa shape index (κ1) is 13.2. The second kappa shape index (κ2) is 5.43. The highest BCUT2D eigenvalue weighted by atomic mass is 32.2. The van der Waals surface area contributed by atoms with Gasteiger partial charge >= 0.3 is 5.97 Å².